The molecule has 0 unspecified atom stereocenters. The molecule has 2 aromatic rings. The molecule has 0 saturated carbocycles. The second kappa shape index (κ2) is 8.88. The number of halogens is 2. The fourth-order valence-corrected chi connectivity index (χ4v) is 3.07. The molecule has 6 nitrogen and oxygen atoms in total. The number of hydrogen-bond acceptors (Lipinski definition) is 3. The van der Waals surface area contributed by atoms with E-state index in [2.05, 4.69) is 10.6 Å². The van der Waals surface area contributed by atoms with Gasteiger partial charge < -0.3 is 16.4 Å². The van der Waals surface area contributed by atoms with Gasteiger partial charge in [0.1, 0.15) is 0 Å². The fourth-order valence-electron chi connectivity index (χ4n) is 2.53. The van der Waals surface area contributed by atoms with Gasteiger partial charge in [-0.2, -0.15) is 0 Å². The molecule has 0 aliphatic rings. The van der Waals surface area contributed by atoms with Gasteiger partial charge in [-0.15, -0.1) is 0 Å². The Hall–Kier alpha value is -2.57. The molecule has 0 aliphatic heterocycles. The Labute approximate surface area is 167 Å². The number of carbonyl (C=O) groups is 3. The summed E-state index contributed by atoms with van der Waals surface area (Å²) in [5.41, 5.74) is 7.07. The van der Waals surface area contributed by atoms with Gasteiger partial charge in [0.15, 0.2) is 0 Å². The first-order chi connectivity index (χ1) is 12.7. The summed E-state index contributed by atoms with van der Waals surface area (Å²) >= 11 is 12.2. The zero-order chi connectivity index (χ0) is 20.1. The Bertz CT molecular complexity index is 913. The maximum Gasteiger partial charge on any atom is 0.257 e. The summed E-state index contributed by atoms with van der Waals surface area (Å²) in [4.78, 5) is 36.0. The van der Waals surface area contributed by atoms with Gasteiger partial charge in [0.25, 0.3) is 5.91 Å². The van der Waals surface area contributed by atoms with Crippen LogP contribution in [0.2, 0.25) is 10.0 Å². The topological polar surface area (TPSA) is 101 Å². The van der Waals surface area contributed by atoms with E-state index >= 15 is 0 Å². The molecule has 8 heteroatoms. The highest BCUT2D eigenvalue weighted by Crippen LogP contribution is 2.31. The average molecular weight is 408 g/mol. The van der Waals surface area contributed by atoms with E-state index in [1.54, 1.807) is 19.1 Å². The number of hydrogen-bond donors (Lipinski definition) is 3. The third-order valence-corrected chi connectivity index (χ3v) is 4.31. The summed E-state index contributed by atoms with van der Waals surface area (Å²) in [6, 6.07) is 7.59. The molecule has 0 bridgehead atoms. The molecular weight excluding hydrogens is 389 g/mol. The number of aryl methyl sites for hydroxylation is 1. The lowest BCUT2D eigenvalue weighted by atomic mass is 10.1. The van der Waals surface area contributed by atoms with Crippen LogP contribution in [0.15, 0.2) is 30.3 Å². The van der Waals surface area contributed by atoms with Gasteiger partial charge in [-0.3, -0.25) is 14.4 Å². The quantitative estimate of drug-likeness (QED) is 0.661. The minimum atomic E-state index is -0.548. The molecule has 2 rings (SSSR count). The highest BCUT2D eigenvalue weighted by Gasteiger charge is 2.18. The van der Waals surface area contributed by atoms with Crippen molar-refractivity contribution in [1.29, 1.82) is 0 Å². The average Bonchev–Trinajstić information content (AvgIpc) is 2.57. The smallest absolute Gasteiger partial charge is 0.257 e. The van der Waals surface area contributed by atoms with Gasteiger partial charge in [-0.25, -0.2) is 0 Å². The minimum Gasteiger partial charge on any atom is -0.366 e. The summed E-state index contributed by atoms with van der Waals surface area (Å²) in [6.07, 6.45) is 0.956. The molecule has 0 aliphatic carbocycles. The van der Waals surface area contributed by atoms with Crippen molar-refractivity contribution >= 4 is 52.3 Å². The molecule has 0 saturated heterocycles. The molecule has 0 atom stereocenters. The first-order valence-electron chi connectivity index (χ1n) is 8.23. The number of anilines is 2. The lowest BCUT2D eigenvalue weighted by Crippen LogP contribution is -2.19. The van der Waals surface area contributed by atoms with E-state index in [-0.39, 0.29) is 27.2 Å². The van der Waals surface area contributed by atoms with Crippen molar-refractivity contribution in [1.82, 2.24) is 0 Å². The molecular formula is C19H19Cl2N3O3. The largest absolute Gasteiger partial charge is 0.366 e. The van der Waals surface area contributed by atoms with Gasteiger partial charge in [0, 0.05) is 22.7 Å². The van der Waals surface area contributed by atoms with Crippen molar-refractivity contribution in [2.75, 3.05) is 10.6 Å². The number of amides is 3. The van der Waals surface area contributed by atoms with Crippen LogP contribution in [0.25, 0.3) is 0 Å². The number of nitrogens with one attached hydrogen (secondary N) is 2. The monoisotopic (exact) mass is 407 g/mol. The van der Waals surface area contributed by atoms with Crippen LogP contribution in [-0.2, 0) is 4.79 Å². The normalized spacial score (nSPS) is 10.4. The SMILES string of the molecule is CCCC(=O)Nc1c(Cl)cc(Cl)cc1C(=O)Nc1ccc(C(N)=O)c(C)c1. The molecule has 0 heterocycles. The van der Waals surface area contributed by atoms with E-state index < -0.39 is 11.8 Å². The van der Waals surface area contributed by atoms with Crippen LogP contribution in [0.1, 0.15) is 46.0 Å². The van der Waals surface area contributed by atoms with E-state index in [0.29, 0.717) is 29.7 Å². The lowest BCUT2D eigenvalue weighted by Gasteiger charge is -2.14. The van der Waals surface area contributed by atoms with Gasteiger partial charge in [0.05, 0.1) is 16.3 Å². The summed E-state index contributed by atoms with van der Waals surface area (Å²) in [5, 5.41) is 5.79. The Morgan fingerprint density at radius 1 is 1.04 bits per heavy atom. The first kappa shape index (κ1) is 20.7. The highest BCUT2D eigenvalue weighted by molar-refractivity contribution is 6.38. The standard InChI is InChI=1S/C19H19Cl2N3O3/c1-3-4-16(25)24-17-14(8-11(20)9-15(17)21)19(27)23-12-5-6-13(18(22)26)10(2)7-12/h5-9H,3-4H2,1-2H3,(H2,22,26)(H,23,27)(H,24,25). The Balaban J connectivity index is 2.34. The zero-order valence-electron chi connectivity index (χ0n) is 14.9. The Morgan fingerprint density at radius 2 is 1.74 bits per heavy atom. The number of nitrogens with two attached hydrogens (primary N) is 1. The van der Waals surface area contributed by atoms with Crippen molar-refractivity contribution in [2.45, 2.75) is 26.7 Å². The number of rotatable bonds is 6. The number of benzene rings is 2. The number of primary amides is 1. The van der Waals surface area contributed by atoms with Gasteiger partial charge in [-0.1, -0.05) is 30.1 Å². The lowest BCUT2D eigenvalue weighted by molar-refractivity contribution is -0.116. The zero-order valence-corrected chi connectivity index (χ0v) is 16.4. The van der Waals surface area contributed by atoms with Crippen LogP contribution in [0.3, 0.4) is 0 Å². The summed E-state index contributed by atoms with van der Waals surface area (Å²) < 4.78 is 0. The van der Waals surface area contributed by atoms with Gasteiger partial charge in [-0.05, 0) is 49.2 Å². The van der Waals surface area contributed by atoms with Crippen molar-refractivity contribution in [3.63, 3.8) is 0 Å². The van der Waals surface area contributed by atoms with Crippen molar-refractivity contribution < 1.29 is 14.4 Å². The van der Waals surface area contributed by atoms with E-state index in [1.807, 2.05) is 6.92 Å². The van der Waals surface area contributed by atoms with Crippen molar-refractivity contribution in [3.8, 4) is 0 Å². The molecule has 0 radical (unpaired) electrons. The number of carbonyl (C=O) groups excluding carboxylic acids is 3. The minimum absolute atomic E-state index is 0.133. The van der Waals surface area contributed by atoms with Gasteiger partial charge in [0.2, 0.25) is 11.8 Å². The summed E-state index contributed by atoms with van der Waals surface area (Å²) in [5.74, 6) is -1.30. The second-order valence-electron chi connectivity index (χ2n) is 5.96. The van der Waals surface area contributed by atoms with Crippen molar-refractivity contribution in [2.24, 2.45) is 5.73 Å². The Kier molecular flexibility index (Phi) is 6.82. The maximum absolute atomic E-state index is 12.7. The molecule has 0 aromatic heterocycles. The predicted octanol–water partition coefficient (Wildman–Crippen LogP) is 4.39. The predicted molar refractivity (Wildman–Crippen MR) is 108 cm³/mol. The molecule has 0 fully saturated rings. The molecule has 4 N–H and O–H groups in total. The third kappa shape index (κ3) is 5.21. The fraction of sp³-hybridized carbons (Fsp3) is 0.211. The Morgan fingerprint density at radius 3 is 2.33 bits per heavy atom. The molecule has 27 heavy (non-hydrogen) atoms. The molecule has 142 valence electrons. The molecule has 0 spiro atoms. The van der Waals surface area contributed by atoms with Gasteiger partial charge >= 0.3 is 0 Å². The van der Waals surface area contributed by atoms with Crippen LogP contribution in [0.5, 0.6) is 0 Å². The van der Waals surface area contributed by atoms with Crippen LogP contribution >= 0.6 is 23.2 Å². The van der Waals surface area contributed by atoms with Crippen LogP contribution in [0, 0.1) is 6.92 Å². The van der Waals surface area contributed by atoms with Crippen LogP contribution in [0.4, 0.5) is 11.4 Å². The summed E-state index contributed by atoms with van der Waals surface area (Å²) in [6.45, 7) is 3.58. The van der Waals surface area contributed by atoms with Crippen LogP contribution in [-0.4, -0.2) is 17.7 Å². The van der Waals surface area contributed by atoms with E-state index in [1.165, 1.54) is 18.2 Å². The first-order valence-corrected chi connectivity index (χ1v) is 8.99. The summed E-state index contributed by atoms with van der Waals surface area (Å²) in [7, 11) is 0. The van der Waals surface area contributed by atoms with Crippen LogP contribution < -0.4 is 16.4 Å². The van der Waals surface area contributed by atoms with E-state index in [0.717, 1.165) is 0 Å². The van der Waals surface area contributed by atoms with E-state index in [9.17, 15) is 14.4 Å². The third-order valence-electron chi connectivity index (χ3n) is 3.79. The van der Waals surface area contributed by atoms with Crippen molar-refractivity contribution in [3.05, 3.63) is 57.1 Å². The molecule has 2 aromatic carbocycles. The maximum atomic E-state index is 12.7. The molecule has 3 amide bonds. The highest BCUT2D eigenvalue weighted by atomic mass is 35.5. The second-order valence-corrected chi connectivity index (χ2v) is 6.80. The van der Waals surface area contributed by atoms with E-state index in [4.69, 9.17) is 28.9 Å².